The van der Waals surface area contributed by atoms with E-state index in [0.29, 0.717) is 13.0 Å². The molecule has 1 heterocycles. The van der Waals surface area contributed by atoms with Crippen LogP contribution in [0.3, 0.4) is 0 Å². The topological polar surface area (TPSA) is 95.9 Å². The van der Waals surface area contributed by atoms with Gasteiger partial charge in [0.25, 0.3) is 0 Å². The first-order valence-corrected chi connectivity index (χ1v) is 6.51. The molecule has 0 aromatic heterocycles. The van der Waals surface area contributed by atoms with Gasteiger partial charge in [0, 0.05) is 18.5 Å². The first kappa shape index (κ1) is 16.3. The third kappa shape index (κ3) is 4.11. The Kier molecular flexibility index (Phi) is 4.97. The normalized spacial score (nSPS) is 23.1. The van der Waals surface area contributed by atoms with Crippen LogP contribution < -0.4 is 5.32 Å². The van der Waals surface area contributed by atoms with Crippen LogP contribution in [0.4, 0.5) is 4.79 Å². The van der Waals surface area contributed by atoms with Gasteiger partial charge >= 0.3 is 12.1 Å². The van der Waals surface area contributed by atoms with Crippen molar-refractivity contribution in [1.82, 2.24) is 10.2 Å². The van der Waals surface area contributed by atoms with Crippen LogP contribution in [-0.4, -0.2) is 54.2 Å². The summed E-state index contributed by atoms with van der Waals surface area (Å²) in [4.78, 5) is 36.2. The number of nitrogens with one attached hydrogen (secondary N) is 1. The minimum Gasteiger partial charge on any atom is -0.481 e. The van der Waals surface area contributed by atoms with Crippen LogP contribution in [0.25, 0.3) is 0 Å². The monoisotopic (exact) mass is 286 g/mol. The van der Waals surface area contributed by atoms with Crippen molar-refractivity contribution >= 4 is 18.0 Å². The second-order valence-corrected chi connectivity index (χ2v) is 6.06. The van der Waals surface area contributed by atoms with E-state index in [9.17, 15) is 14.4 Å². The Morgan fingerprint density at radius 3 is 2.30 bits per heavy atom. The Morgan fingerprint density at radius 2 is 1.85 bits per heavy atom. The van der Waals surface area contributed by atoms with Crippen LogP contribution in [0.2, 0.25) is 0 Å². The van der Waals surface area contributed by atoms with Crippen molar-refractivity contribution in [3.8, 4) is 0 Å². The van der Waals surface area contributed by atoms with Crippen molar-refractivity contribution < 1.29 is 24.2 Å². The standard InChI is InChI=1S/C13H22N2O5/c1-13(2,3)11(18)15-6-8(10(16)17)5-9(7-15)14-12(19)20-4/h8-9H,5-7H2,1-4H3,(H,14,19)(H,16,17). The van der Waals surface area contributed by atoms with Gasteiger partial charge in [-0.25, -0.2) is 4.79 Å². The van der Waals surface area contributed by atoms with Gasteiger partial charge in [-0.15, -0.1) is 0 Å². The van der Waals surface area contributed by atoms with Crippen LogP contribution in [0.15, 0.2) is 0 Å². The van der Waals surface area contributed by atoms with E-state index >= 15 is 0 Å². The van der Waals surface area contributed by atoms with Crippen molar-refractivity contribution in [3.63, 3.8) is 0 Å². The second-order valence-electron chi connectivity index (χ2n) is 6.06. The highest BCUT2D eigenvalue weighted by atomic mass is 16.5. The molecule has 0 aliphatic carbocycles. The number of carbonyl (C=O) groups is 3. The van der Waals surface area contributed by atoms with Crippen LogP contribution >= 0.6 is 0 Å². The van der Waals surface area contributed by atoms with E-state index in [4.69, 9.17) is 5.11 Å². The third-order valence-electron chi connectivity index (χ3n) is 3.24. The number of piperidine rings is 1. The molecule has 2 unspecified atom stereocenters. The van der Waals surface area contributed by atoms with Crippen LogP contribution in [0.1, 0.15) is 27.2 Å². The molecule has 0 spiro atoms. The zero-order valence-electron chi connectivity index (χ0n) is 12.3. The minimum atomic E-state index is -0.965. The molecule has 2 N–H and O–H groups in total. The number of rotatable bonds is 2. The maximum absolute atomic E-state index is 12.3. The Hall–Kier alpha value is -1.79. The molecule has 0 aromatic rings. The average molecular weight is 286 g/mol. The quantitative estimate of drug-likeness (QED) is 0.778. The van der Waals surface area contributed by atoms with Gasteiger partial charge in [-0.1, -0.05) is 20.8 Å². The molecule has 0 radical (unpaired) electrons. The lowest BCUT2D eigenvalue weighted by Crippen LogP contribution is -2.56. The third-order valence-corrected chi connectivity index (χ3v) is 3.24. The van der Waals surface area contributed by atoms with Gasteiger partial charge in [-0.3, -0.25) is 9.59 Å². The maximum Gasteiger partial charge on any atom is 0.407 e. The zero-order chi connectivity index (χ0) is 15.5. The zero-order valence-corrected chi connectivity index (χ0v) is 12.3. The number of ether oxygens (including phenoxy) is 1. The van der Waals surface area contributed by atoms with Crippen LogP contribution in [-0.2, 0) is 14.3 Å². The van der Waals surface area contributed by atoms with Crippen molar-refractivity contribution in [2.75, 3.05) is 20.2 Å². The molecule has 20 heavy (non-hydrogen) atoms. The van der Waals surface area contributed by atoms with Gasteiger partial charge in [0.05, 0.1) is 19.1 Å². The maximum atomic E-state index is 12.3. The van der Waals surface area contributed by atoms with E-state index in [1.807, 2.05) is 0 Å². The van der Waals surface area contributed by atoms with E-state index in [1.165, 1.54) is 12.0 Å². The molecule has 114 valence electrons. The number of likely N-dealkylation sites (tertiary alicyclic amines) is 1. The van der Waals surface area contributed by atoms with Gasteiger partial charge in [-0.2, -0.15) is 0 Å². The van der Waals surface area contributed by atoms with E-state index in [-0.39, 0.29) is 12.5 Å². The molecular weight excluding hydrogens is 264 g/mol. The predicted octanol–water partition coefficient (Wildman–Crippen LogP) is 0.690. The summed E-state index contributed by atoms with van der Waals surface area (Å²) in [6, 6.07) is -0.413. The highest BCUT2D eigenvalue weighted by molar-refractivity contribution is 5.82. The van der Waals surface area contributed by atoms with Crippen LogP contribution in [0.5, 0.6) is 0 Å². The number of carboxylic acids is 1. The number of methoxy groups -OCH3 is 1. The van der Waals surface area contributed by atoms with Gasteiger partial charge in [-0.05, 0) is 6.42 Å². The summed E-state index contributed by atoms with van der Waals surface area (Å²) in [5.41, 5.74) is -0.587. The number of hydrogen-bond donors (Lipinski definition) is 2. The smallest absolute Gasteiger partial charge is 0.407 e. The minimum absolute atomic E-state index is 0.125. The molecule has 2 atom stereocenters. The number of carboxylic acid groups (broad SMARTS) is 1. The Balaban J connectivity index is 2.83. The second kappa shape index (κ2) is 6.11. The summed E-state index contributed by atoms with van der Waals surface area (Å²) in [5, 5.41) is 11.7. The number of carbonyl (C=O) groups excluding carboxylic acids is 2. The molecule has 2 amide bonds. The summed E-state index contributed by atoms with van der Waals surface area (Å²) in [6.45, 7) is 5.81. The van der Waals surface area contributed by atoms with Crippen molar-refractivity contribution in [2.45, 2.75) is 33.2 Å². The molecule has 0 saturated carbocycles. The van der Waals surface area contributed by atoms with Gasteiger partial charge in [0.2, 0.25) is 5.91 Å². The lowest BCUT2D eigenvalue weighted by molar-refractivity contribution is -0.149. The number of aliphatic carboxylic acids is 1. The fourth-order valence-electron chi connectivity index (χ4n) is 2.25. The SMILES string of the molecule is COC(=O)NC1CC(C(=O)O)CN(C(=O)C(C)(C)C)C1. The average Bonchev–Trinajstić information content (AvgIpc) is 2.36. The summed E-state index contributed by atoms with van der Waals surface area (Å²) >= 11 is 0. The molecule has 0 bridgehead atoms. The van der Waals surface area contributed by atoms with Gasteiger partial charge in [0.15, 0.2) is 0 Å². The molecule has 1 fully saturated rings. The molecule has 7 nitrogen and oxygen atoms in total. The van der Waals surface area contributed by atoms with E-state index < -0.39 is 29.4 Å². The van der Waals surface area contributed by atoms with E-state index in [2.05, 4.69) is 10.1 Å². The lowest BCUT2D eigenvalue weighted by atomic mass is 9.89. The van der Waals surface area contributed by atoms with Crippen molar-refractivity contribution in [2.24, 2.45) is 11.3 Å². The van der Waals surface area contributed by atoms with E-state index in [0.717, 1.165) is 0 Å². The number of hydrogen-bond acceptors (Lipinski definition) is 4. The molecule has 1 rings (SSSR count). The van der Waals surface area contributed by atoms with Gasteiger partial charge in [0.1, 0.15) is 0 Å². The molecule has 1 saturated heterocycles. The van der Waals surface area contributed by atoms with Crippen molar-refractivity contribution in [1.29, 1.82) is 0 Å². The molecule has 1 aliphatic rings. The Morgan fingerprint density at radius 1 is 1.25 bits per heavy atom. The summed E-state index contributed by atoms with van der Waals surface area (Å²) < 4.78 is 4.51. The number of nitrogens with zero attached hydrogens (tertiary/aromatic N) is 1. The highest BCUT2D eigenvalue weighted by Crippen LogP contribution is 2.24. The summed E-state index contributed by atoms with van der Waals surface area (Å²) in [5.74, 6) is -1.77. The largest absolute Gasteiger partial charge is 0.481 e. The van der Waals surface area contributed by atoms with Gasteiger partial charge < -0.3 is 20.1 Å². The Labute approximate surface area is 118 Å². The highest BCUT2D eigenvalue weighted by Gasteiger charge is 2.37. The Bertz CT molecular complexity index is 402. The fourth-order valence-corrected chi connectivity index (χ4v) is 2.25. The first-order chi connectivity index (χ1) is 9.15. The summed E-state index contributed by atoms with van der Waals surface area (Å²) in [6.07, 6.45) is -0.331. The lowest BCUT2D eigenvalue weighted by Gasteiger charge is -2.39. The molecule has 0 aromatic carbocycles. The fraction of sp³-hybridized carbons (Fsp3) is 0.769. The number of alkyl carbamates (subject to hydrolysis) is 1. The first-order valence-electron chi connectivity index (χ1n) is 6.51. The van der Waals surface area contributed by atoms with Crippen LogP contribution in [0, 0.1) is 11.3 Å². The number of amides is 2. The summed E-state index contributed by atoms with van der Waals surface area (Å²) in [7, 11) is 1.24. The van der Waals surface area contributed by atoms with Crippen molar-refractivity contribution in [3.05, 3.63) is 0 Å². The molecule has 1 aliphatic heterocycles. The van der Waals surface area contributed by atoms with E-state index in [1.54, 1.807) is 20.8 Å². The molecule has 7 heteroatoms. The molecular formula is C13H22N2O5. The predicted molar refractivity (Wildman–Crippen MR) is 71.1 cm³/mol.